The highest BCUT2D eigenvalue weighted by Gasteiger charge is 2.28. The van der Waals surface area contributed by atoms with Crippen LogP contribution in [0.4, 0.5) is 0 Å². The minimum atomic E-state index is -0.0548. The van der Waals surface area contributed by atoms with Gasteiger partial charge in [0.1, 0.15) is 6.10 Å². The van der Waals surface area contributed by atoms with E-state index in [9.17, 15) is 0 Å². The summed E-state index contributed by atoms with van der Waals surface area (Å²) < 4.78 is 13.5. The molecule has 0 saturated heterocycles. The molecule has 4 aromatic rings. The minimum Gasteiger partial charge on any atom is -0.365 e. The highest BCUT2D eigenvalue weighted by molar-refractivity contribution is 7.98. The maximum atomic E-state index is 6.16. The lowest BCUT2D eigenvalue weighted by Gasteiger charge is -2.25. The molecule has 0 N–H and O–H groups in total. The van der Waals surface area contributed by atoms with Crippen molar-refractivity contribution in [2.24, 2.45) is 0 Å². The maximum Gasteiger partial charge on any atom is 0.280 e. The molecule has 0 fully saturated rings. The van der Waals surface area contributed by atoms with Gasteiger partial charge in [-0.3, -0.25) is 0 Å². The molecule has 0 radical (unpaired) electrons. The zero-order valence-corrected chi connectivity index (χ0v) is 17.8. The Morgan fingerprint density at radius 2 is 1.93 bits per heavy atom. The van der Waals surface area contributed by atoms with Crippen molar-refractivity contribution in [1.29, 1.82) is 0 Å². The number of thioether (sulfide) groups is 1. The number of nitrogens with zero attached hydrogens (tertiary/aromatic N) is 5. The minimum absolute atomic E-state index is 0.0548. The molecule has 8 heteroatoms. The number of fused-ring (bicyclic) bond motifs is 1. The van der Waals surface area contributed by atoms with Gasteiger partial charge in [0.15, 0.2) is 5.69 Å². The van der Waals surface area contributed by atoms with Crippen molar-refractivity contribution in [2.75, 3.05) is 6.26 Å². The number of benzene rings is 2. The molecular formula is C22H21N5O2S. The van der Waals surface area contributed by atoms with E-state index in [0.717, 1.165) is 11.3 Å². The predicted octanol–water partition coefficient (Wildman–Crippen LogP) is 4.61. The van der Waals surface area contributed by atoms with Crippen LogP contribution >= 0.6 is 11.8 Å². The molecule has 1 atom stereocenters. The molecule has 0 spiro atoms. The highest BCUT2D eigenvalue weighted by atomic mass is 32.2. The number of hydrogen-bond donors (Lipinski definition) is 0. The van der Waals surface area contributed by atoms with Crippen LogP contribution in [0.5, 0.6) is 0 Å². The van der Waals surface area contributed by atoms with Crippen molar-refractivity contribution >= 4 is 11.8 Å². The first kappa shape index (κ1) is 19.0. The zero-order chi connectivity index (χ0) is 20.7. The van der Waals surface area contributed by atoms with Gasteiger partial charge in [-0.2, -0.15) is 4.98 Å². The molecule has 0 bridgehead atoms. The van der Waals surface area contributed by atoms with Crippen molar-refractivity contribution < 1.29 is 9.26 Å². The summed E-state index contributed by atoms with van der Waals surface area (Å²) in [6.45, 7) is 5.19. The van der Waals surface area contributed by atoms with Gasteiger partial charge in [-0.25, -0.2) is 4.68 Å². The van der Waals surface area contributed by atoms with Crippen LogP contribution in [0.1, 0.15) is 28.5 Å². The van der Waals surface area contributed by atoms with E-state index in [1.807, 2.05) is 35.2 Å². The summed E-state index contributed by atoms with van der Waals surface area (Å²) in [5, 5.41) is 12.7. The Kier molecular flexibility index (Phi) is 4.88. The Bertz CT molecular complexity index is 1200. The predicted molar refractivity (Wildman–Crippen MR) is 114 cm³/mol. The summed E-state index contributed by atoms with van der Waals surface area (Å²) in [7, 11) is 0. The molecule has 2 aromatic heterocycles. The van der Waals surface area contributed by atoms with E-state index in [0.29, 0.717) is 30.6 Å². The van der Waals surface area contributed by atoms with Crippen molar-refractivity contribution in [2.45, 2.75) is 38.0 Å². The molecule has 2 aromatic carbocycles. The second-order valence-electron chi connectivity index (χ2n) is 7.38. The Morgan fingerprint density at radius 3 is 2.70 bits per heavy atom. The van der Waals surface area contributed by atoms with E-state index in [2.05, 4.69) is 52.5 Å². The van der Waals surface area contributed by atoms with Gasteiger partial charge in [0.25, 0.3) is 5.89 Å². The smallest absolute Gasteiger partial charge is 0.280 e. The summed E-state index contributed by atoms with van der Waals surface area (Å²) in [4.78, 5) is 5.72. The zero-order valence-electron chi connectivity index (χ0n) is 17.0. The van der Waals surface area contributed by atoms with Gasteiger partial charge in [-0.15, -0.1) is 16.9 Å². The van der Waals surface area contributed by atoms with E-state index < -0.39 is 0 Å². The lowest BCUT2D eigenvalue weighted by molar-refractivity contribution is -0.00153. The first-order valence-corrected chi connectivity index (χ1v) is 10.9. The topological polar surface area (TPSA) is 78.9 Å². The van der Waals surface area contributed by atoms with Crippen LogP contribution in [0.25, 0.3) is 23.0 Å². The normalized spacial score (nSPS) is 15.9. The quantitative estimate of drug-likeness (QED) is 0.447. The first-order chi connectivity index (χ1) is 14.6. The van der Waals surface area contributed by atoms with Crippen LogP contribution < -0.4 is 0 Å². The second kappa shape index (κ2) is 7.70. The van der Waals surface area contributed by atoms with E-state index in [4.69, 9.17) is 9.26 Å². The first-order valence-electron chi connectivity index (χ1n) is 9.72. The fraction of sp³-hybridized carbons (Fsp3) is 0.273. The maximum absolute atomic E-state index is 6.16. The fourth-order valence-corrected chi connectivity index (χ4v) is 4.14. The summed E-state index contributed by atoms with van der Waals surface area (Å²) in [5.74, 6) is 0.887. The lowest BCUT2D eigenvalue weighted by atomic mass is 10.0. The van der Waals surface area contributed by atoms with Crippen LogP contribution in [-0.4, -0.2) is 31.4 Å². The van der Waals surface area contributed by atoms with Crippen molar-refractivity contribution in [3.8, 4) is 23.0 Å². The molecule has 0 saturated carbocycles. The number of rotatable bonds is 4. The van der Waals surface area contributed by atoms with Gasteiger partial charge in [0.05, 0.1) is 18.8 Å². The molecule has 152 valence electrons. The van der Waals surface area contributed by atoms with Gasteiger partial charge in [0, 0.05) is 10.5 Å². The van der Waals surface area contributed by atoms with E-state index in [1.54, 1.807) is 11.8 Å². The third-order valence-corrected chi connectivity index (χ3v) is 6.09. The van der Waals surface area contributed by atoms with Crippen LogP contribution in [0.2, 0.25) is 0 Å². The molecule has 30 heavy (non-hydrogen) atoms. The van der Waals surface area contributed by atoms with Crippen molar-refractivity contribution in [3.63, 3.8) is 0 Å². The Hall–Kier alpha value is -2.97. The Balaban J connectivity index is 1.40. The van der Waals surface area contributed by atoms with E-state index >= 15 is 0 Å². The molecule has 7 nitrogen and oxygen atoms in total. The molecule has 3 heterocycles. The van der Waals surface area contributed by atoms with Crippen LogP contribution in [0.3, 0.4) is 0 Å². The summed E-state index contributed by atoms with van der Waals surface area (Å²) in [5.41, 5.74) is 5.97. The third-order valence-electron chi connectivity index (χ3n) is 5.35. The van der Waals surface area contributed by atoms with Crippen LogP contribution in [-0.2, 0) is 17.9 Å². The van der Waals surface area contributed by atoms with Gasteiger partial charge in [-0.05, 0) is 55.5 Å². The van der Waals surface area contributed by atoms with Gasteiger partial charge in [0.2, 0.25) is 5.82 Å². The SMILES string of the molecule is CSc1ccc(-c2noc(-c3nnn4c3COC(c3ccc(C)cc3C)C4)n2)cc1. The summed E-state index contributed by atoms with van der Waals surface area (Å²) >= 11 is 1.69. The van der Waals surface area contributed by atoms with Gasteiger partial charge < -0.3 is 9.26 Å². The summed E-state index contributed by atoms with van der Waals surface area (Å²) in [6, 6.07) is 14.5. The average molecular weight is 420 g/mol. The number of aromatic nitrogens is 5. The summed E-state index contributed by atoms with van der Waals surface area (Å²) in [6.07, 6.45) is 1.99. The van der Waals surface area contributed by atoms with E-state index in [1.165, 1.54) is 21.6 Å². The van der Waals surface area contributed by atoms with Gasteiger partial charge >= 0.3 is 0 Å². The molecular weight excluding hydrogens is 398 g/mol. The Labute approximate surface area is 178 Å². The second-order valence-corrected chi connectivity index (χ2v) is 8.26. The number of ether oxygens (including phenoxy) is 1. The third kappa shape index (κ3) is 3.42. The molecule has 1 aliphatic heterocycles. The average Bonchev–Trinajstić information content (AvgIpc) is 3.40. The molecule has 0 amide bonds. The number of aryl methyl sites for hydroxylation is 2. The number of hydrogen-bond acceptors (Lipinski definition) is 7. The fourth-order valence-electron chi connectivity index (χ4n) is 3.73. The van der Waals surface area contributed by atoms with E-state index in [-0.39, 0.29) is 6.10 Å². The molecule has 1 aliphatic rings. The molecule has 1 unspecified atom stereocenters. The van der Waals surface area contributed by atoms with Crippen molar-refractivity contribution in [3.05, 3.63) is 64.8 Å². The molecule has 0 aliphatic carbocycles. The lowest BCUT2D eigenvalue weighted by Crippen LogP contribution is -2.22. The monoisotopic (exact) mass is 419 g/mol. The highest BCUT2D eigenvalue weighted by Crippen LogP contribution is 2.32. The van der Waals surface area contributed by atoms with Gasteiger partial charge in [-0.1, -0.05) is 34.1 Å². The van der Waals surface area contributed by atoms with Crippen LogP contribution in [0, 0.1) is 13.8 Å². The molecule has 5 rings (SSSR count). The Morgan fingerprint density at radius 1 is 1.10 bits per heavy atom. The largest absolute Gasteiger partial charge is 0.365 e. The standard InChI is InChI=1S/C22H21N5O2S/c1-13-4-9-17(14(2)10-13)19-11-27-18(12-28-19)20(24-26-27)22-23-21(25-29-22)15-5-7-16(30-3)8-6-15/h4-10,19H,11-12H2,1-3H3. The van der Waals surface area contributed by atoms with Crippen molar-refractivity contribution in [1.82, 2.24) is 25.1 Å². The van der Waals surface area contributed by atoms with Crippen LogP contribution in [0.15, 0.2) is 51.9 Å².